The summed E-state index contributed by atoms with van der Waals surface area (Å²) >= 11 is 7.58. The number of nitrogens with one attached hydrogen (secondary N) is 1. The first kappa shape index (κ1) is 20.0. The van der Waals surface area contributed by atoms with E-state index in [2.05, 4.69) is 20.1 Å². The van der Waals surface area contributed by atoms with Crippen LogP contribution in [0, 0.1) is 0 Å². The zero-order valence-electron chi connectivity index (χ0n) is 16.0. The summed E-state index contributed by atoms with van der Waals surface area (Å²) in [6.07, 6.45) is 2.18. The minimum absolute atomic E-state index is 0.00767. The maximum atomic E-state index is 12.4. The molecule has 1 N–H and O–H groups in total. The second-order valence-electron chi connectivity index (χ2n) is 7.72. The normalized spacial score (nSPS) is 15.4. The second kappa shape index (κ2) is 8.10. The van der Waals surface area contributed by atoms with Gasteiger partial charge in [-0.2, -0.15) is 0 Å². The Hall–Kier alpha value is -1.73. The van der Waals surface area contributed by atoms with Gasteiger partial charge in [0.1, 0.15) is 12.4 Å². The van der Waals surface area contributed by atoms with Crippen molar-refractivity contribution in [1.82, 2.24) is 20.1 Å². The Labute approximate surface area is 169 Å². The van der Waals surface area contributed by atoms with Crippen molar-refractivity contribution < 1.29 is 9.53 Å². The summed E-state index contributed by atoms with van der Waals surface area (Å²) < 4.78 is 7.93. The predicted octanol–water partition coefficient (Wildman–Crippen LogP) is 4.24. The minimum atomic E-state index is -0.261. The van der Waals surface area contributed by atoms with Crippen molar-refractivity contribution in [3.8, 4) is 5.75 Å². The molecule has 146 valence electrons. The van der Waals surface area contributed by atoms with Crippen LogP contribution in [0.4, 0.5) is 0 Å². The van der Waals surface area contributed by atoms with Crippen molar-refractivity contribution in [1.29, 1.82) is 0 Å². The van der Waals surface area contributed by atoms with Gasteiger partial charge < -0.3 is 10.1 Å². The molecule has 8 heteroatoms. The van der Waals surface area contributed by atoms with E-state index >= 15 is 0 Å². The quantitative estimate of drug-likeness (QED) is 0.694. The van der Waals surface area contributed by atoms with Gasteiger partial charge >= 0.3 is 0 Å². The summed E-state index contributed by atoms with van der Waals surface area (Å²) in [6, 6.07) is 7.74. The molecule has 1 aromatic carbocycles. The molecule has 1 amide bonds. The van der Waals surface area contributed by atoms with Crippen molar-refractivity contribution >= 4 is 29.3 Å². The molecule has 1 atom stereocenters. The Morgan fingerprint density at radius 2 is 2.07 bits per heavy atom. The molecule has 27 heavy (non-hydrogen) atoms. The number of thioether (sulfide) groups is 1. The van der Waals surface area contributed by atoms with Gasteiger partial charge in [-0.15, -0.1) is 10.2 Å². The van der Waals surface area contributed by atoms with Gasteiger partial charge in [0.05, 0.1) is 10.3 Å². The van der Waals surface area contributed by atoms with Crippen LogP contribution < -0.4 is 10.1 Å². The number of nitrogens with zero attached hydrogens (tertiary/aromatic N) is 3. The highest BCUT2D eigenvalue weighted by atomic mass is 35.5. The number of carbonyl (C=O) groups excluding carboxylic acids is 1. The lowest BCUT2D eigenvalue weighted by atomic mass is 10.1. The average molecular weight is 409 g/mol. The smallest absolute Gasteiger partial charge is 0.233 e. The van der Waals surface area contributed by atoms with Crippen LogP contribution in [0.1, 0.15) is 52.4 Å². The molecule has 0 aliphatic heterocycles. The summed E-state index contributed by atoms with van der Waals surface area (Å²) in [6.45, 7) is 8.09. The number of rotatable bonds is 7. The molecule has 0 bridgehead atoms. The number of amides is 1. The zero-order valence-corrected chi connectivity index (χ0v) is 17.6. The fourth-order valence-electron chi connectivity index (χ4n) is 2.57. The second-order valence-corrected chi connectivity index (χ2v) is 9.43. The molecule has 1 aliphatic carbocycles. The van der Waals surface area contributed by atoms with Gasteiger partial charge in [-0.1, -0.05) is 35.5 Å². The molecular formula is C19H25ClN4O2S. The van der Waals surface area contributed by atoms with Crippen LogP contribution in [0.5, 0.6) is 5.75 Å². The number of halogens is 1. The van der Waals surface area contributed by atoms with Crippen molar-refractivity contribution in [2.75, 3.05) is 0 Å². The van der Waals surface area contributed by atoms with Gasteiger partial charge in [-0.3, -0.25) is 9.36 Å². The largest absolute Gasteiger partial charge is 0.484 e. The number of benzene rings is 1. The summed E-state index contributed by atoms with van der Waals surface area (Å²) in [5.41, 5.74) is -0.260. The lowest BCUT2D eigenvalue weighted by Crippen LogP contribution is -2.44. The van der Waals surface area contributed by atoms with Gasteiger partial charge in [0, 0.05) is 11.6 Å². The van der Waals surface area contributed by atoms with Crippen LogP contribution in [0.15, 0.2) is 29.4 Å². The van der Waals surface area contributed by atoms with Gasteiger partial charge in [0.25, 0.3) is 0 Å². The molecule has 6 nitrogen and oxygen atoms in total. The van der Waals surface area contributed by atoms with E-state index in [4.69, 9.17) is 16.3 Å². The zero-order chi connectivity index (χ0) is 19.6. The van der Waals surface area contributed by atoms with E-state index in [-0.39, 0.29) is 23.3 Å². The van der Waals surface area contributed by atoms with Crippen LogP contribution in [0.2, 0.25) is 5.02 Å². The van der Waals surface area contributed by atoms with Crippen LogP contribution in [-0.4, -0.2) is 31.5 Å². The topological polar surface area (TPSA) is 69.0 Å². The monoisotopic (exact) mass is 408 g/mol. The molecule has 1 aliphatic rings. The van der Waals surface area contributed by atoms with E-state index in [9.17, 15) is 4.79 Å². The van der Waals surface area contributed by atoms with Gasteiger partial charge in [0.15, 0.2) is 11.0 Å². The highest BCUT2D eigenvalue weighted by molar-refractivity contribution is 8.00. The molecule has 2 aromatic rings. The Bertz CT molecular complexity index is 814. The van der Waals surface area contributed by atoms with E-state index in [0.29, 0.717) is 16.8 Å². The maximum Gasteiger partial charge on any atom is 0.233 e. The highest BCUT2D eigenvalue weighted by Crippen LogP contribution is 2.39. The average Bonchev–Trinajstić information content (AvgIpc) is 3.34. The van der Waals surface area contributed by atoms with Crippen LogP contribution in [0.3, 0.4) is 0 Å². The third kappa shape index (κ3) is 5.39. The standard InChI is InChI=1S/C19H25ClN4O2S/c1-12(17(25)21-19(2,3)4)27-18-23-22-16(24(18)13-9-10-13)11-26-15-8-6-5-7-14(15)20/h5-8,12-13H,9-11H2,1-4H3,(H,21,25)/t12-/m1/s1. The lowest BCUT2D eigenvalue weighted by molar-refractivity contribution is -0.121. The van der Waals surface area contributed by atoms with Crippen LogP contribution >= 0.6 is 23.4 Å². The van der Waals surface area contributed by atoms with Gasteiger partial charge in [0.2, 0.25) is 5.91 Å². The molecule has 0 radical (unpaired) electrons. The van der Waals surface area contributed by atoms with E-state index in [1.165, 1.54) is 11.8 Å². The maximum absolute atomic E-state index is 12.4. The number of hydrogen-bond acceptors (Lipinski definition) is 5. The minimum Gasteiger partial charge on any atom is -0.484 e. The van der Waals surface area contributed by atoms with Crippen molar-refractivity contribution in [3.05, 3.63) is 35.1 Å². The third-order valence-corrected chi connectivity index (χ3v) is 5.36. The first-order chi connectivity index (χ1) is 12.7. The number of para-hydroxylation sites is 1. The van der Waals surface area contributed by atoms with Gasteiger partial charge in [-0.25, -0.2) is 0 Å². The Morgan fingerprint density at radius 1 is 1.37 bits per heavy atom. The molecule has 1 heterocycles. The van der Waals surface area contributed by atoms with Crippen LogP contribution in [-0.2, 0) is 11.4 Å². The number of aromatic nitrogens is 3. The highest BCUT2D eigenvalue weighted by Gasteiger charge is 2.31. The molecular weight excluding hydrogens is 384 g/mol. The number of hydrogen-bond donors (Lipinski definition) is 1. The van der Waals surface area contributed by atoms with E-state index in [1.54, 1.807) is 6.07 Å². The molecule has 0 spiro atoms. The summed E-state index contributed by atoms with van der Waals surface area (Å²) in [5.74, 6) is 1.37. The van der Waals surface area contributed by atoms with E-state index < -0.39 is 0 Å². The summed E-state index contributed by atoms with van der Waals surface area (Å²) in [5, 5.41) is 12.7. The Balaban J connectivity index is 1.70. The summed E-state index contributed by atoms with van der Waals surface area (Å²) in [7, 11) is 0. The first-order valence-electron chi connectivity index (χ1n) is 9.04. The third-order valence-electron chi connectivity index (χ3n) is 3.99. The predicted molar refractivity (Wildman–Crippen MR) is 107 cm³/mol. The molecule has 3 rings (SSSR count). The molecule has 1 aromatic heterocycles. The van der Waals surface area contributed by atoms with Crippen molar-refractivity contribution in [3.63, 3.8) is 0 Å². The number of ether oxygens (including phenoxy) is 1. The van der Waals surface area contributed by atoms with E-state index in [1.807, 2.05) is 45.9 Å². The Morgan fingerprint density at radius 3 is 2.70 bits per heavy atom. The van der Waals surface area contributed by atoms with Crippen LogP contribution in [0.25, 0.3) is 0 Å². The SMILES string of the molecule is C[C@@H](Sc1nnc(COc2ccccc2Cl)n1C1CC1)C(=O)NC(C)(C)C. The lowest BCUT2D eigenvalue weighted by Gasteiger charge is -2.23. The molecule has 0 saturated heterocycles. The van der Waals surface area contributed by atoms with Crippen molar-refractivity contribution in [2.24, 2.45) is 0 Å². The molecule has 1 fully saturated rings. The van der Waals surface area contributed by atoms with E-state index in [0.717, 1.165) is 23.8 Å². The fourth-order valence-corrected chi connectivity index (χ4v) is 3.70. The molecule has 1 saturated carbocycles. The Kier molecular flexibility index (Phi) is 6.01. The molecule has 0 unspecified atom stereocenters. The number of carbonyl (C=O) groups is 1. The summed E-state index contributed by atoms with van der Waals surface area (Å²) in [4.78, 5) is 12.4. The van der Waals surface area contributed by atoms with Crippen molar-refractivity contribution in [2.45, 2.75) is 69.1 Å². The fraction of sp³-hybridized carbons (Fsp3) is 0.526. The first-order valence-corrected chi connectivity index (χ1v) is 10.3. The van der Waals surface area contributed by atoms with Gasteiger partial charge in [-0.05, 0) is 52.7 Å².